The standard InChI is InChI=1S/C28H38N4O/c1-4-5-10-27(33)22-13-11-21(12-14-22)19-32(26-16-15-24(29-3)17-20(26)2)28-30-18-23-8-6-7-9-25(23)31-28/h6-9,15-18,21-22,27,29,33H,4-5,10-14,19H2,1-3H3. The molecule has 0 amide bonds. The van der Waals surface area contributed by atoms with E-state index in [4.69, 9.17) is 9.97 Å². The largest absolute Gasteiger partial charge is 0.393 e. The van der Waals surface area contributed by atoms with Gasteiger partial charge in [0.05, 0.1) is 11.6 Å². The lowest BCUT2D eigenvalue weighted by Crippen LogP contribution is -2.32. The van der Waals surface area contributed by atoms with Crippen molar-refractivity contribution in [2.24, 2.45) is 11.8 Å². The molecule has 0 radical (unpaired) electrons. The minimum Gasteiger partial charge on any atom is -0.393 e. The Morgan fingerprint density at radius 2 is 1.91 bits per heavy atom. The normalized spacial score (nSPS) is 19.4. The van der Waals surface area contributed by atoms with Crippen LogP contribution in [0.15, 0.2) is 48.7 Å². The molecule has 0 aliphatic heterocycles. The first kappa shape index (κ1) is 23.5. The fourth-order valence-electron chi connectivity index (χ4n) is 5.16. The molecule has 1 saturated carbocycles. The highest BCUT2D eigenvalue weighted by Crippen LogP contribution is 2.36. The summed E-state index contributed by atoms with van der Waals surface area (Å²) in [7, 11) is 1.95. The average Bonchev–Trinajstić information content (AvgIpc) is 2.86. The second-order valence-corrected chi connectivity index (χ2v) is 9.58. The van der Waals surface area contributed by atoms with E-state index in [9.17, 15) is 5.11 Å². The van der Waals surface area contributed by atoms with Crippen LogP contribution >= 0.6 is 0 Å². The zero-order chi connectivity index (χ0) is 23.2. The number of para-hydroxylation sites is 1. The number of rotatable bonds is 9. The number of aliphatic hydroxyl groups excluding tert-OH is 1. The van der Waals surface area contributed by atoms with E-state index in [0.29, 0.717) is 11.8 Å². The van der Waals surface area contributed by atoms with Crippen molar-refractivity contribution in [3.05, 3.63) is 54.2 Å². The van der Waals surface area contributed by atoms with Crippen LogP contribution in [0, 0.1) is 18.8 Å². The van der Waals surface area contributed by atoms with Gasteiger partial charge in [0.1, 0.15) is 0 Å². The number of aliphatic hydroxyl groups is 1. The number of hydrogen-bond donors (Lipinski definition) is 2. The van der Waals surface area contributed by atoms with Crippen LogP contribution in [-0.4, -0.2) is 34.8 Å². The number of benzene rings is 2. The van der Waals surface area contributed by atoms with E-state index in [0.717, 1.165) is 79.7 Å². The lowest BCUT2D eigenvalue weighted by Gasteiger charge is -2.35. The van der Waals surface area contributed by atoms with E-state index in [1.807, 2.05) is 25.4 Å². The van der Waals surface area contributed by atoms with Gasteiger partial charge in [0.2, 0.25) is 5.95 Å². The second kappa shape index (κ2) is 11.0. The molecule has 1 fully saturated rings. The highest BCUT2D eigenvalue weighted by Gasteiger charge is 2.28. The van der Waals surface area contributed by atoms with Crippen molar-refractivity contribution in [3.8, 4) is 0 Å². The molecule has 1 atom stereocenters. The maximum absolute atomic E-state index is 10.6. The van der Waals surface area contributed by atoms with Crippen molar-refractivity contribution in [1.29, 1.82) is 0 Å². The Morgan fingerprint density at radius 1 is 1.12 bits per heavy atom. The molecule has 1 unspecified atom stereocenters. The number of nitrogens with zero attached hydrogens (tertiary/aromatic N) is 3. The van der Waals surface area contributed by atoms with Crippen LogP contribution in [0.5, 0.6) is 0 Å². The second-order valence-electron chi connectivity index (χ2n) is 9.58. The zero-order valence-electron chi connectivity index (χ0n) is 20.3. The molecule has 33 heavy (non-hydrogen) atoms. The molecule has 5 nitrogen and oxygen atoms in total. The smallest absolute Gasteiger partial charge is 0.230 e. The predicted molar refractivity (Wildman–Crippen MR) is 138 cm³/mol. The monoisotopic (exact) mass is 446 g/mol. The van der Waals surface area contributed by atoms with Crippen LogP contribution in [0.2, 0.25) is 0 Å². The first-order valence-electron chi connectivity index (χ1n) is 12.5. The van der Waals surface area contributed by atoms with Gasteiger partial charge in [0, 0.05) is 36.6 Å². The molecule has 5 heteroatoms. The molecule has 1 aromatic heterocycles. The SMILES string of the molecule is CCCCC(O)C1CCC(CN(c2ncc3ccccc3n2)c2ccc(NC)cc2C)CC1. The Morgan fingerprint density at radius 3 is 2.64 bits per heavy atom. The Kier molecular flexibility index (Phi) is 7.81. The van der Waals surface area contributed by atoms with E-state index < -0.39 is 0 Å². The fourth-order valence-corrected chi connectivity index (χ4v) is 5.16. The number of nitrogens with one attached hydrogen (secondary N) is 1. The minimum absolute atomic E-state index is 0.137. The molecule has 1 heterocycles. The summed E-state index contributed by atoms with van der Waals surface area (Å²) in [6, 6.07) is 14.7. The summed E-state index contributed by atoms with van der Waals surface area (Å²) in [6.07, 6.45) is 9.52. The number of fused-ring (bicyclic) bond motifs is 1. The third-order valence-electron chi connectivity index (χ3n) is 7.22. The van der Waals surface area contributed by atoms with Crippen LogP contribution in [0.4, 0.5) is 17.3 Å². The van der Waals surface area contributed by atoms with E-state index in [-0.39, 0.29) is 6.10 Å². The predicted octanol–water partition coefficient (Wildman–Crippen LogP) is 6.48. The molecular formula is C28H38N4O. The summed E-state index contributed by atoms with van der Waals surface area (Å²) in [5.41, 5.74) is 4.45. The quantitative estimate of drug-likeness (QED) is 0.394. The van der Waals surface area contributed by atoms with Gasteiger partial charge in [-0.1, -0.05) is 38.0 Å². The molecule has 1 aliphatic rings. The van der Waals surface area contributed by atoms with E-state index in [2.05, 4.69) is 54.4 Å². The average molecular weight is 447 g/mol. The Balaban J connectivity index is 1.56. The van der Waals surface area contributed by atoms with Gasteiger partial charge in [-0.3, -0.25) is 0 Å². The molecule has 176 valence electrons. The van der Waals surface area contributed by atoms with E-state index in [1.54, 1.807) is 0 Å². The maximum atomic E-state index is 10.6. The lowest BCUT2D eigenvalue weighted by molar-refractivity contribution is 0.0659. The summed E-state index contributed by atoms with van der Waals surface area (Å²) < 4.78 is 0. The number of aryl methyl sites for hydroxylation is 1. The number of anilines is 3. The molecular weight excluding hydrogens is 408 g/mol. The van der Waals surface area contributed by atoms with Crippen molar-refractivity contribution in [1.82, 2.24) is 9.97 Å². The van der Waals surface area contributed by atoms with Crippen LogP contribution in [0.1, 0.15) is 57.4 Å². The Labute approximate surface area is 198 Å². The highest BCUT2D eigenvalue weighted by molar-refractivity contribution is 5.79. The number of unbranched alkanes of at least 4 members (excludes halogenated alkanes) is 1. The molecule has 1 aliphatic carbocycles. The summed E-state index contributed by atoms with van der Waals surface area (Å²) in [5.74, 6) is 1.78. The van der Waals surface area contributed by atoms with Crippen molar-refractivity contribution in [2.45, 2.75) is 64.9 Å². The third kappa shape index (κ3) is 5.64. The summed E-state index contributed by atoms with van der Waals surface area (Å²) in [6.45, 7) is 5.25. The first-order chi connectivity index (χ1) is 16.1. The van der Waals surface area contributed by atoms with Gasteiger partial charge in [-0.05, 0) is 80.7 Å². The maximum Gasteiger partial charge on any atom is 0.230 e. The van der Waals surface area contributed by atoms with Crippen LogP contribution in [0.25, 0.3) is 10.9 Å². The first-order valence-corrected chi connectivity index (χ1v) is 12.5. The van der Waals surface area contributed by atoms with Crippen molar-refractivity contribution in [3.63, 3.8) is 0 Å². The summed E-state index contributed by atoms with van der Waals surface area (Å²) in [4.78, 5) is 12.0. The Bertz CT molecular complexity index is 1050. The fraction of sp³-hybridized carbons (Fsp3) is 0.500. The van der Waals surface area contributed by atoms with Gasteiger partial charge < -0.3 is 15.3 Å². The van der Waals surface area contributed by atoms with Crippen molar-refractivity contribution < 1.29 is 5.11 Å². The van der Waals surface area contributed by atoms with Gasteiger partial charge in [0.15, 0.2) is 0 Å². The van der Waals surface area contributed by atoms with Crippen LogP contribution < -0.4 is 10.2 Å². The molecule has 2 aromatic carbocycles. The van der Waals surface area contributed by atoms with Gasteiger partial charge >= 0.3 is 0 Å². The van der Waals surface area contributed by atoms with Crippen molar-refractivity contribution >= 4 is 28.2 Å². The van der Waals surface area contributed by atoms with Gasteiger partial charge in [0.25, 0.3) is 0 Å². The molecule has 0 saturated heterocycles. The highest BCUT2D eigenvalue weighted by atomic mass is 16.3. The molecule has 0 bridgehead atoms. The van der Waals surface area contributed by atoms with E-state index in [1.165, 1.54) is 5.56 Å². The molecule has 2 N–H and O–H groups in total. The number of aromatic nitrogens is 2. The topological polar surface area (TPSA) is 61.3 Å². The zero-order valence-corrected chi connectivity index (χ0v) is 20.3. The lowest BCUT2D eigenvalue weighted by atomic mass is 9.78. The van der Waals surface area contributed by atoms with Gasteiger partial charge in [-0.25, -0.2) is 9.97 Å². The van der Waals surface area contributed by atoms with Crippen LogP contribution in [-0.2, 0) is 0 Å². The summed E-state index contributed by atoms with van der Waals surface area (Å²) in [5, 5.41) is 14.9. The molecule has 4 rings (SSSR count). The minimum atomic E-state index is -0.137. The molecule has 3 aromatic rings. The van der Waals surface area contributed by atoms with Crippen molar-refractivity contribution in [2.75, 3.05) is 23.8 Å². The summed E-state index contributed by atoms with van der Waals surface area (Å²) >= 11 is 0. The van der Waals surface area contributed by atoms with E-state index >= 15 is 0 Å². The third-order valence-corrected chi connectivity index (χ3v) is 7.22. The number of hydrogen-bond acceptors (Lipinski definition) is 5. The molecule has 0 spiro atoms. The van der Waals surface area contributed by atoms with Gasteiger partial charge in [-0.15, -0.1) is 0 Å². The van der Waals surface area contributed by atoms with Crippen LogP contribution in [0.3, 0.4) is 0 Å². The Hall–Kier alpha value is -2.66. The van der Waals surface area contributed by atoms with Gasteiger partial charge in [-0.2, -0.15) is 0 Å².